The topological polar surface area (TPSA) is 109 Å². The van der Waals surface area contributed by atoms with Gasteiger partial charge >= 0.3 is 6.03 Å². The van der Waals surface area contributed by atoms with Crippen LogP contribution >= 0.6 is 0 Å². The molecule has 2 fully saturated rings. The molecule has 4 amide bonds. The molecule has 2 aliphatic heterocycles. The summed E-state index contributed by atoms with van der Waals surface area (Å²) in [5.41, 5.74) is 2.41. The highest BCUT2D eigenvalue weighted by atomic mass is 16.5. The number of nitrogens with one attached hydrogen (secondary N) is 1. The maximum atomic E-state index is 13.4. The van der Waals surface area contributed by atoms with Gasteiger partial charge in [0.25, 0.3) is 0 Å². The number of unbranched alkanes of at least 4 members (excludes halogenated alkanes) is 2. The van der Waals surface area contributed by atoms with Gasteiger partial charge in [-0.15, -0.1) is 0 Å². The summed E-state index contributed by atoms with van der Waals surface area (Å²) in [6, 6.07) is 9.36. The van der Waals surface area contributed by atoms with Gasteiger partial charge in [-0.3, -0.25) is 14.5 Å². The highest BCUT2D eigenvalue weighted by molar-refractivity contribution is 5.95. The number of hydrogen-bond acceptors (Lipinski definition) is 6. The smallest absolute Gasteiger partial charge is 0.324 e. The first kappa shape index (κ1) is 27.3. The second-order valence-electron chi connectivity index (χ2n) is 10.1. The summed E-state index contributed by atoms with van der Waals surface area (Å²) in [4.78, 5) is 47.6. The highest BCUT2D eigenvalue weighted by Crippen LogP contribution is 2.34. The fourth-order valence-electron chi connectivity index (χ4n) is 5.16. The largest absolute Gasteiger partial charge is 0.493 e. The van der Waals surface area contributed by atoms with Crippen molar-refractivity contribution >= 4 is 34.6 Å². The minimum absolute atomic E-state index is 0.0744. The molecule has 0 spiro atoms. The maximum Gasteiger partial charge on any atom is 0.324 e. The van der Waals surface area contributed by atoms with E-state index in [1.54, 1.807) is 27.7 Å². The van der Waals surface area contributed by atoms with E-state index in [1.807, 2.05) is 41.4 Å². The number of benzene rings is 1. The summed E-state index contributed by atoms with van der Waals surface area (Å²) in [6.07, 6.45) is 6.72. The van der Waals surface area contributed by atoms with Gasteiger partial charge in [-0.1, -0.05) is 19.8 Å². The molecule has 4 heterocycles. The number of aromatic nitrogens is 2. The Hall–Kier alpha value is -4.28. The van der Waals surface area contributed by atoms with Gasteiger partial charge in [0.15, 0.2) is 11.5 Å². The van der Waals surface area contributed by atoms with Gasteiger partial charge in [-0.25, -0.2) is 9.78 Å². The van der Waals surface area contributed by atoms with Crippen molar-refractivity contribution in [2.45, 2.75) is 39.3 Å². The Morgan fingerprint density at radius 3 is 2.75 bits per heavy atom. The third kappa shape index (κ3) is 5.83. The molecule has 40 heavy (non-hydrogen) atoms. The minimum Gasteiger partial charge on any atom is -0.493 e. The third-order valence-electron chi connectivity index (χ3n) is 7.37. The Balaban J connectivity index is 1.27. The Morgan fingerprint density at radius 2 is 1.95 bits per heavy atom. The number of carbonyl (C=O) groups excluding carboxylic acids is 3. The first-order valence-corrected chi connectivity index (χ1v) is 13.8. The van der Waals surface area contributed by atoms with Crippen molar-refractivity contribution in [3.05, 3.63) is 48.3 Å². The lowest BCUT2D eigenvalue weighted by Gasteiger charge is -2.26. The molecule has 2 aromatic heterocycles. The monoisotopic (exact) mass is 548 g/mol. The number of nitrogens with zero attached hydrogens (tertiary/aromatic N) is 5. The second-order valence-corrected chi connectivity index (χ2v) is 10.1. The normalized spacial score (nSPS) is 15.6. The molecule has 0 atom stereocenters. The van der Waals surface area contributed by atoms with Crippen molar-refractivity contribution in [2.24, 2.45) is 0 Å². The van der Waals surface area contributed by atoms with E-state index in [4.69, 9.17) is 9.47 Å². The average Bonchev–Trinajstić information content (AvgIpc) is 3.54. The molecule has 2 aliphatic rings. The fourth-order valence-corrected chi connectivity index (χ4v) is 5.16. The molecule has 1 N–H and O–H groups in total. The van der Waals surface area contributed by atoms with E-state index in [1.165, 1.54) is 0 Å². The molecular weight excluding hydrogens is 512 g/mol. The molecule has 0 aliphatic carbocycles. The fraction of sp³-hybridized carbons (Fsp3) is 0.448. The Bertz CT molecular complexity index is 1390. The summed E-state index contributed by atoms with van der Waals surface area (Å²) in [7, 11) is 1.61. The zero-order valence-corrected chi connectivity index (χ0v) is 23.1. The van der Waals surface area contributed by atoms with Crippen molar-refractivity contribution in [2.75, 3.05) is 51.3 Å². The average molecular weight is 549 g/mol. The van der Waals surface area contributed by atoms with Gasteiger partial charge in [0.1, 0.15) is 12.2 Å². The molecule has 11 nitrogen and oxygen atoms in total. The summed E-state index contributed by atoms with van der Waals surface area (Å²) >= 11 is 0. The summed E-state index contributed by atoms with van der Waals surface area (Å²) in [5, 5.41) is 3.63. The maximum absolute atomic E-state index is 13.4. The van der Waals surface area contributed by atoms with Crippen LogP contribution in [0.5, 0.6) is 11.5 Å². The molecule has 0 saturated carbocycles. The molecule has 3 aromatic rings. The van der Waals surface area contributed by atoms with E-state index in [2.05, 4.69) is 17.2 Å². The molecule has 1 aromatic carbocycles. The molecule has 11 heteroatoms. The lowest BCUT2D eigenvalue weighted by Crippen LogP contribution is -2.50. The number of amides is 4. The van der Waals surface area contributed by atoms with Gasteiger partial charge in [0.05, 0.1) is 20.3 Å². The van der Waals surface area contributed by atoms with Gasteiger partial charge in [-0.2, -0.15) is 0 Å². The highest BCUT2D eigenvalue weighted by Gasteiger charge is 2.31. The van der Waals surface area contributed by atoms with E-state index in [-0.39, 0.29) is 30.9 Å². The lowest BCUT2D eigenvalue weighted by molar-refractivity contribution is -0.138. The molecule has 2 saturated heterocycles. The van der Waals surface area contributed by atoms with Crippen molar-refractivity contribution in [1.82, 2.24) is 24.7 Å². The number of rotatable bonds is 11. The number of carbonyl (C=O) groups is 3. The SMILES string of the molecule is CCCCCOc1cc(N2CCN(Cc3ccnc4c3ccn4CC(=O)N3CCNC(=O)C3)C2=O)ccc1OC. The minimum atomic E-state index is -0.146. The van der Waals surface area contributed by atoms with E-state index < -0.39 is 0 Å². The van der Waals surface area contributed by atoms with E-state index in [9.17, 15) is 14.4 Å². The first-order valence-electron chi connectivity index (χ1n) is 13.8. The van der Waals surface area contributed by atoms with Crippen LogP contribution in [0.15, 0.2) is 42.7 Å². The predicted molar refractivity (Wildman–Crippen MR) is 150 cm³/mol. The van der Waals surface area contributed by atoms with Crippen LogP contribution < -0.4 is 19.7 Å². The van der Waals surface area contributed by atoms with Crippen LogP contribution in [-0.2, 0) is 22.7 Å². The number of methoxy groups -OCH3 is 1. The van der Waals surface area contributed by atoms with Gasteiger partial charge in [-0.05, 0) is 36.2 Å². The van der Waals surface area contributed by atoms with Crippen LogP contribution in [0.4, 0.5) is 10.5 Å². The molecule has 0 radical (unpaired) electrons. The molecule has 0 unspecified atom stereocenters. The van der Waals surface area contributed by atoms with E-state index >= 15 is 0 Å². The number of urea groups is 1. The molecule has 212 valence electrons. The van der Waals surface area contributed by atoms with E-state index in [0.717, 1.165) is 35.9 Å². The number of piperazine rings is 1. The number of ether oxygens (including phenoxy) is 2. The van der Waals surface area contributed by atoms with Crippen LogP contribution in [-0.4, -0.2) is 83.6 Å². The summed E-state index contributed by atoms with van der Waals surface area (Å²) in [6.45, 7) is 5.46. The van der Waals surface area contributed by atoms with Crippen LogP contribution in [0.25, 0.3) is 11.0 Å². The van der Waals surface area contributed by atoms with Crippen LogP contribution in [0, 0.1) is 0 Å². The predicted octanol–water partition coefficient (Wildman–Crippen LogP) is 3.01. The standard InChI is InChI=1S/C29H36N6O5/c1-3-4-5-16-40-25-17-22(6-7-24(25)39-2)35-15-14-34(29(35)38)18-21-8-10-31-28-23(21)9-12-33(28)20-27(37)32-13-11-30-26(36)19-32/h6-10,12,17H,3-5,11,13-16,18-20H2,1-2H3,(H,30,36). The van der Waals surface area contributed by atoms with Gasteiger partial charge in [0, 0.05) is 62.3 Å². The second kappa shape index (κ2) is 12.3. The Kier molecular flexibility index (Phi) is 8.37. The number of hydrogen-bond donors (Lipinski definition) is 1. The Labute approximate surface area is 233 Å². The lowest BCUT2D eigenvalue weighted by atomic mass is 10.2. The zero-order valence-electron chi connectivity index (χ0n) is 23.1. The first-order chi connectivity index (χ1) is 19.5. The number of fused-ring (bicyclic) bond motifs is 1. The van der Waals surface area contributed by atoms with Crippen LogP contribution in [0.1, 0.15) is 31.7 Å². The van der Waals surface area contributed by atoms with Crippen molar-refractivity contribution in [3.8, 4) is 11.5 Å². The van der Waals surface area contributed by atoms with Crippen molar-refractivity contribution in [3.63, 3.8) is 0 Å². The molecule has 0 bridgehead atoms. The van der Waals surface area contributed by atoms with Crippen LogP contribution in [0.2, 0.25) is 0 Å². The zero-order chi connectivity index (χ0) is 28.1. The third-order valence-corrected chi connectivity index (χ3v) is 7.37. The molecule has 5 rings (SSSR count). The van der Waals surface area contributed by atoms with Gasteiger partial charge in [0.2, 0.25) is 11.8 Å². The quantitative estimate of drug-likeness (QED) is 0.369. The number of pyridine rings is 1. The van der Waals surface area contributed by atoms with Crippen molar-refractivity contribution < 1.29 is 23.9 Å². The van der Waals surface area contributed by atoms with Gasteiger partial charge < -0.3 is 29.2 Å². The van der Waals surface area contributed by atoms with Crippen molar-refractivity contribution in [1.29, 1.82) is 0 Å². The summed E-state index contributed by atoms with van der Waals surface area (Å²) in [5.74, 6) is 1.01. The summed E-state index contributed by atoms with van der Waals surface area (Å²) < 4.78 is 13.2. The van der Waals surface area contributed by atoms with E-state index in [0.29, 0.717) is 56.5 Å². The Morgan fingerprint density at radius 1 is 1.07 bits per heavy atom. The molecular formula is C29H36N6O5. The number of anilines is 1. The van der Waals surface area contributed by atoms with Crippen LogP contribution in [0.3, 0.4) is 0 Å².